The largest absolute Gasteiger partial charge is 0.464 e. The van der Waals surface area contributed by atoms with Gasteiger partial charge in [-0.15, -0.1) is 0 Å². The van der Waals surface area contributed by atoms with Crippen molar-refractivity contribution in [3.05, 3.63) is 22.5 Å². The molecular formula is C20H33N3O5. The fraction of sp³-hybridized carbons (Fsp3) is 0.650. The van der Waals surface area contributed by atoms with Gasteiger partial charge >= 0.3 is 12.0 Å². The Morgan fingerprint density at radius 3 is 2.32 bits per heavy atom. The minimum Gasteiger partial charge on any atom is -0.464 e. The van der Waals surface area contributed by atoms with Crippen LogP contribution in [-0.2, 0) is 16.0 Å². The predicted molar refractivity (Wildman–Crippen MR) is 107 cm³/mol. The summed E-state index contributed by atoms with van der Waals surface area (Å²) in [5.41, 5.74) is 2.13. The molecule has 8 heteroatoms. The van der Waals surface area contributed by atoms with Crippen LogP contribution in [0.15, 0.2) is 0 Å². The number of methoxy groups -OCH3 is 2. The molecule has 0 radical (unpaired) electrons. The number of hydrogen-bond donors (Lipinski definition) is 1. The summed E-state index contributed by atoms with van der Waals surface area (Å²) in [5, 5.41) is 2.83. The molecule has 28 heavy (non-hydrogen) atoms. The van der Waals surface area contributed by atoms with Crippen LogP contribution in [0, 0.1) is 13.8 Å². The molecule has 158 valence electrons. The third kappa shape index (κ3) is 5.58. The highest BCUT2D eigenvalue weighted by molar-refractivity contribution is 6.04. The van der Waals surface area contributed by atoms with Gasteiger partial charge in [-0.1, -0.05) is 0 Å². The van der Waals surface area contributed by atoms with Gasteiger partial charge in [-0.2, -0.15) is 0 Å². The van der Waals surface area contributed by atoms with E-state index in [1.165, 1.54) is 12.0 Å². The second-order valence-electron chi connectivity index (χ2n) is 6.97. The predicted octanol–water partition coefficient (Wildman–Crippen LogP) is 2.55. The molecule has 2 amide bonds. The Kier molecular flexibility index (Phi) is 9.18. The van der Waals surface area contributed by atoms with Crippen molar-refractivity contribution in [1.82, 2.24) is 14.8 Å². The SMILES string of the molecule is CCn1c(C)c(C(=O)CN(CCCOC)C(=O)NC(C)C)c(C)c1C(=O)OC. The van der Waals surface area contributed by atoms with Crippen molar-refractivity contribution < 1.29 is 23.9 Å². The summed E-state index contributed by atoms with van der Waals surface area (Å²) >= 11 is 0. The number of urea groups is 1. The highest BCUT2D eigenvalue weighted by atomic mass is 16.5. The molecule has 1 aromatic heterocycles. The lowest BCUT2D eigenvalue weighted by atomic mass is 10.1. The van der Waals surface area contributed by atoms with E-state index in [1.807, 2.05) is 20.8 Å². The molecule has 0 saturated heterocycles. The zero-order valence-corrected chi connectivity index (χ0v) is 18.0. The van der Waals surface area contributed by atoms with Gasteiger partial charge in [-0.05, 0) is 46.6 Å². The number of nitrogens with one attached hydrogen (secondary N) is 1. The van der Waals surface area contributed by atoms with E-state index in [0.717, 1.165) is 0 Å². The molecule has 1 heterocycles. The number of carbonyl (C=O) groups is 3. The molecular weight excluding hydrogens is 362 g/mol. The molecule has 0 aromatic carbocycles. The van der Waals surface area contributed by atoms with E-state index < -0.39 is 5.97 Å². The molecule has 0 spiro atoms. The standard InChI is InChI=1S/C20H33N3O5/c1-8-23-15(5)17(14(4)18(23)19(25)28-7)16(24)12-22(10-9-11-27-6)20(26)21-13(2)3/h13H,8-12H2,1-7H3,(H,21,26). The van der Waals surface area contributed by atoms with Crippen molar-refractivity contribution in [3.63, 3.8) is 0 Å². The smallest absolute Gasteiger partial charge is 0.354 e. The fourth-order valence-electron chi connectivity index (χ4n) is 3.30. The maximum absolute atomic E-state index is 13.1. The van der Waals surface area contributed by atoms with E-state index in [1.54, 1.807) is 25.5 Å². The summed E-state index contributed by atoms with van der Waals surface area (Å²) in [5.74, 6) is -0.681. The molecule has 0 aliphatic heterocycles. The molecule has 8 nitrogen and oxygen atoms in total. The van der Waals surface area contributed by atoms with E-state index in [0.29, 0.717) is 48.6 Å². The van der Waals surface area contributed by atoms with Crippen LogP contribution >= 0.6 is 0 Å². The van der Waals surface area contributed by atoms with Crippen molar-refractivity contribution in [3.8, 4) is 0 Å². The lowest BCUT2D eigenvalue weighted by molar-refractivity contribution is 0.0587. The number of carbonyl (C=O) groups excluding carboxylic acids is 3. The molecule has 0 saturated carbocycles. The third-order valence-electron chi connectivity index (χ3n) is 4.55. The van der Waals surface area contributed by atoms with Crippen LogP contribution in [0.2, 0.25) is 0 Å². The first-order chi connectivity index (χ1) is 13.2. The Morgan fingerprint density at radius 2 is 1.82 bits per heavy atom. The number of amides is 2. The Morgan fingerprint density at radius 1 is 1.18 bits per heavy atom. The number of aromatic nitrogens is 1. The number of nitrogens with zero attached hydrogens (tertiary/aromatic N) is 2. The van der Waals surface area contributed by atoms with Crippen molar-refractivity contribution >= 4 is 17.8 Å². The second-order valence-corrected chi connectivity index (χ2v) is 6.97. The number of hydrogen-bond acceptors (Lipinski definition) is 5. The van der Waals surface area contributed by atoms with Crippen LogP contribution in [0.5, 0.6) is 0 Å². The Hall–Kier alpha value is -2.35. The molecule has 0 bridgehead atoms. The van der Waals surface area contributed by atoms with E-state index in [4.69, 9.17) is 9.47 Å². The quantitative estimate of drug-likeness (QED) is 0.374. The van der Waals surface area contributed by atoms with Crippen LogP contribution in [0.25, 0.3) is 0 Å². The molecule has 0 fully saturated rings. The zero-order chi connectivity index (χ0) is 21.4. The monoisotopic (exact) mass is 395 g/mol. The minimum atomic E-state index is -0.476. The van der Waals surface area contributed by atoms with Gasteiger partial charge in [-0.25, -0.2) is 9.59 Å². The first-order valence-electron chi connectivity index (χ1n) is 9.55. The Labute approximate surface area is 167 Å². The van der Waals surface area contributed by atoms with E-state index >= 15 is 0 Å². The molecule has 0 atom stereocenters. The average molecular weight is 396 g/mol. The zero-order valence-electron chi connectivity index (χ0n) is 18.0. The molecule has 1 aromatic rings. The average Bonchev–Trinajstić information content (AvgIpc) is 2.89. The second kappa shape index (κ2) is 10.8. The highest BCUT2D eigenvalue weighted by Crippen LogP contribution is 2.24. The van der Waals surface area contributed by atoms with Gasteiger partial charge in [0, 0.05) is 44.1 Å². The topological polar surface area (TPSA) is 89.9 Å². The summed E-state index contributed by atoms with van der Waals surface area (Å²) in [6, 6.07) is -0.332. The summed E-state index contributed by atoms with van der Waals surface area (Å²) in [4.78, 5) is 39.3. The maximum atomic E-state index is 13.1. The van der Waals surface area contributed by atoms with Gasteiger partial charge in [0.2, 0.25) is 0 Å². The maximum Gasteiger partial charge on any atom is 0.354 e. The normalized spacial score (nSPS) is 10.9. The van der Waals surface area contributed by atoms with Gasteiger partial charge in [0.15, 0.2) is 5.78 Å². The molecule has 1 rings (SSSR count). The van der Waals surface area contributed by atoms with E-state index in [9.17, 15) is 14.4 Å². The number of Topliss-reactive ketones (excluding diaryl/α,β-unsaturated/α-hetero) is 1. The molecule has 0 aliphatic carbocycles. The lowest BCUT2D eigenvalue weighted by Crippen LogP contribution is -2.45. The van der Waals surface area contributed by atoms with Gasteiger partial charge in [0.05, 0.1) is 13.7 Å². The van der Waals surface area contributed by atoms with Crippen LogP contribution in [0.3, 0.4) is 0 Å². The van der Waals surface area contributed by atoms with Crippen molar-refractivity contribution in [2.75, 3.05) is 33.9 Å². The summed E-state index contributed by atoms with van der Waals surface area (Å²) < 4.78 is 11.7. The van der Waals surface area contributed by atoms with Crippen molar-refractivity contribution in [2.24, 2.45) is 0 Å². The van der Waals surface area contributed by atoms with Gasteiger partial charge in [0.25, 0.3) is 0 Å². The van der Waals surface area contributed by atoms with Crippen LogP contribution in [0.1, 0.15) is 59.3 Å². The first-order valence-corrected chi connectivity index (χ1v) is 9.55. The van der Waals surface area contributed by atoms with Crippen LogP contribution in [-0.4, -0.2) is 67.2 Å². The Balaban J connectivity index is 3.18. The summed E-state index contributed by atoms with van der Waals surface area (Å²) in [7, 11) is 2.91. The number of ketones is 1. The minimum absolute atomic E-state index is 0.0388. The van der Waals surface area contributed by atoms with Crippen LogP contribution < -0.4 is 5.32 Å². The van der Waals surface area contributed by atoms with Crippen LogP contribution in [0.4, 0.5) is 4.79 Å². The summed E-state index contributed by atoms with van der Waals surface area (Å²) in [6.45, 7) is 10.5. The third-order valence-corrected chi connectivity index (χ3v) is 4.55. The van der Waals surface area contributed by atoms with Gasteiger partial charge in [0.1, 0.15) is 5.69 Å². The van der Waals surface area contributed by atoms with Crippen molar-refractivity contribution in [1.29, 1.82) is 0 Å². The van der Waals surface area contributed by atoms with Crippen molar-refractivity contribution in [2.45, 2.75) is 53.6 Å². The first kappa shape index (κ1) is 23.7. The Bertz CT molecular complexity index is 709. The number of ether oxygens (including phenoxy) is 2. The molecule has 1 N–H and O–H groups in total. The lowest BCUT2D eigenvalue weighted by Gasteiger charge is -2.24. The van der Waals surface area contributed by atoms with Gasteiger partial charge < -0.3 is 24.3 Å². The molecule has 0 unspecified atom stereocenters. The molecule has 0 aliphatic rings. The summed E-state index contributed by atoms with van der Waals surface area (Å²) in [6.07, 6.45) is 0.622. The highest BCUT2D eigenvalue weighted by Gasteiger charge is 2.28. The number of esters is 1. The van der Waals surface area contributed by atoms with Gasteiger partial charge in [-0.3, -0.25) is 4.79 Å². The fourth-order valence-corrected chi connectivity index (χ4v) is 3.30. The van der Waals surface area contributed by atoms with E-state index in [2.05, 4.69) is 5.32 Å². The number of rotatable bonds is 10. The van der Waals surface area contributed by atoms with E-state index in [-0.39, 0.29) is 24.4 Å².